The maximum atomic E-state index is 12.8. The fraction of sp³-hybridized carbons (Fsp3) is 0.429. The number of carbonyl (C=O) groups is 3. The summed E-state index contributed by atoms with van der Waals surface area (Å²) in [5, 5.41) is 37.5. The Bertz CT molecular complexity index is 1230. The Morgan fingerprint density at radius 2 is 1.84 bits per heavy atom. The summed E-state index contributed by atoms with van der Waals surface area (Å²) in [6, 6.07) is 10.1. The van der Waals surface area contributed by atoms with Gasteiger partial charge in [-0.15, -0.1) is 0 Å². The van der Waals surface area contributed by atoms with Crippen LogP contribution in [0.4, 0.5) is 5.69 Å². The van der Waals surface area contributed by atoms with Crippen molar-refractivity contribution in [3.63, 3.8) is 0 Å². The van der Waals surface area contributed by atoms with Crippen molar-refractivity contribution >= 4 is 29.3 Å². The lowest BCUT2D eigenvalue weighted by Crippen LogP contribution is -2.42. The van der Waals surface area contributed by atoms with Crippen molar-refractivity contribution in [3.8, 4) is 5.75 Å². The molecule has 0 saturated carbocycles. The number of nitrogens with zero attached hydrogens (tertiary/aromatic N) is 1. The zero-order valence-corrected chi connectivity index (χ0v) is 22.2. The van der Waals surface area contributed by atoms with E-state index in [2.05, 4.69) is 47.8 Å². The summed E-state index contributed by atoms with van der Waals surface area (Å²) < 4.78 is 0. The lowest BCUT2D eigenvalue weighted by atomic mass is 9.81. The van der Waals surface area contributed by atoms with Crippen LogP contribution in [0.15, 0.2) is 41.4 Å². The highest BCUT2D eigenvalue weighted by Gasteiger charge is 2.23. The van der Waals surface area contributed by atoms with E-state index in [0.717, 1.165) is 16.7 Å². The molecule has 0 saturated heterocycles. The Hall–Kier alpha value is -3.92. The number of aliphatic imine (C=N–C) groups is 1. The Kier molecular flexibility index (Phi) is 9.11. The van der Waals surface area contributed by atoms with Crippen LogP contribution in [0.2, 0.25) is 0 Å². The van der Waals surface area contributed by atoms with Gasteiger partial charge in [-0.25, -0.2) is 0 Å². The summed E-state index contributed by atoms with van der Waals surface area (Å²) in [7, 11) is 0. The molecule has 2 unspecified atom stereocenters. The second-order valence-corrected chi connectivity index (χ2v) is 10.7. The van der Waals surface area contributed by atoms with Crippen molar-refractivity contribution in [3.05, 3.63) is 58.7 Å². The number of phenolic OH excluding ortho intramolecular Hbond substituents is 1. The Morgan fingerprint density at radius 1 is 1.11 bits per heavy atom. The third-order valence-corrected chi connectivity index (χ3v) is 6.19. The molecule has 6 N–H and O–H groups in total. The number of aromatic hydroxyl groups is 1. The Labute approximate surface area is 222 Å². The highest BCUT2D eigenvalue weighted by molar-refractivity contribution is 6.00. The molecule has 10 heteroatoms. The van der Waals surface area contributed by atoms with E-state index in [1.807, 2.05) is 19.1 Å². The van der Waals surface area contributed by atoms with Gasteiger partial charge in [0.2, 0.25) is 0 Å². The second kappa shape index (κ2) is 12.1. The zero-order valence-electron chi connectivity index (χ0n) is 22.2. The molecule has 0 fully saturated rings. The number of aliphatic hydroxyl groups excluding tert-OH is 1. The number of rotatable bonds is 9. The number of aliphatic carboxylic acids is 1. The molecule has 0 bridgehead atoms. The monoisotopic (exact) mass is 524 g/mol. The standard InChI is InChI=1S/C28H36N4O6/c1-16-5-17(7-20(6-16)28(2,3)4)18(11-25(36)37)9-23(34)13-29-26(38)19-8-21(12-22(33)10-19)32-27-30-14-24(35)15-31-27/h5-8,10,12,18,24,33,35H,9,11,13-15H2,1-4H3,(H,29,38)(H,36,37)(H2,30,31,32). The minimum absolute atomic E-state index is 0.0379. The highest BCUT2D eigenvalue weighted by Crippen LogP contribution is 2.31. The van der Waals surface area contributed by atoms with E-state index in [1.54, 1.807) is 0 Å². The SMILES string of the molecule is Cc1cc(C(CC(=O)O)CC(=O)CNC(=O)c2cc(O)cc(NC3=NCC(O)CN3)c2)cc(C(C)(C)C)c1. The van der Waals surface area contributed by atoms with Gasteiger partial charge in [-0.1, -0.05) is 44.5 Å². The van der Waals surface area contributed by atoms with Crippen molar-refractivity contribution < 1.29 is 29.7 Å². The summed E-state index contributed by atoms with van der Waals surface area (Å²) in [5.74, 6) is -2.15. The molecule has 10 nitrogen and oxygen atoms in total. The molecule has 1 heterocycles. The number of β-amino-alcohol motifs (C(OH)–C–C–N with tert-alkyl or cyclic N) is 1. The molecule has 204 valence electrons. The van der Waals surface area contributed by atoms with Gasteiger partial charge in [0, 0.05) is 36.2 Å². The van der Waals surface area contributed by atoms with Crippen LogP contribution in [0.5, 0.6) is 5.75 Å². The lowest BCUT2D eigenvalue weighted by Gasteiger charge is -2.23. The van der Waals surface area contributed by atoms with Crippen LogP contribution in [0.1, 0.15) is 66.6 Å². The highest BCUT2D eigenvalue weighted by atomic mass is 16.4. The number of carbonyl (C=O) groups excluding carboxylic acids is 2. The van der Waals surface area contributed by atoms with Crippen LogP contribution >= 0.6 is 0 Å². The fourth-order valence-corrected chi connectivity index (χ4v) is 4.19. The summed E-state index contributed by atoms with van der Waals surface area (Å²) in [6.45, 7) is 8.43. The predicted molar refractivity (Wildman–Crippen MR) is 145 cm³/mol. The third-order valence-electron chi connectivity index (χ3n) is 6.19. The number of ketones is 1. The molecule has 2 atom stereocenters. The largest absolute Gasteiger partial charge is 0.508 e. The first kappa shape index (κ1) is 28.6. The van der Waals surface area contributed by atoms with E-state index in [4.69, 9.17) is 0 Å². The number of benzene rings is 2. The van der Waals surface area contributed by atoms with Gasteiger partial charge >= 0.3 is 5.97 Å². The van der Waals surface area contributed by atoms with Crippen molar-refractivity contribution in [1.29, 1.82) is 0 Å². The Balaban J connectivity index is 1.67. The molecule has 3 rings (SSSR count). The van der Waals surface area contributed by atoms with Gasteiger partial charge < -0.3 is 31.3 Å². The van der Waals surface area contributed by atoms with Crippen molar-refractivity contribution in [2.75, 3.05) is 25.0 Å². The molecule has 2 aromatic carbocycles. The number of aryl methyl sites for hydroxylation is 1. The quantitative estimate of drug-likeness (QED) is 0.292. The normalized spacial score (nSPS) is 16.1. The first-order chi connectivity index (χ1) is 17.8. The van der Waals surface area contributed by atoms with Crippen LogP contribution in [0.3, 0.4) is 0 Å². The molecule has 1 aliphatic rings. The number of anilines is 1. The van der Waals surface area contributed by atoms with Gasteiger partial charge in [0.1, 0.15) is 5.75 Å². The maximum Gasteiger partial charge on any atom is 0.303 e. The molecule has 0 radical (unpaired) electrons. The molecular formula is C28H36N4O6. The summed E-state index contributed by atoms with van der Waals surface area (Å²) in [5.41, 5.74) is 3.23. The smallest absolute Gasteiger partial charge is 0.303 e. The third kappa shape index (κ3) is 8.31. The molecule has 1 amide bonds. The van der Waals surface area contributed by atoms with Gasteiger partial charge in [-0.2, -0.15) is 0 Å². The van der Waals surface area contributed by atoms with Gasteiger partial charge in [-0.05, 0) is 35.6 Å². The molecule has 0 aliphatic carbocycles. The zero-order chi connectivity index (χ0) is 28.0. The molecular weight excluding hydrogens is 488 g/mol. The molecule has 0 spiro atoms. The van der Waals surface area contributed by atoms with Crippen molar-refractivity contribution in [1.82, 2.24) is 10.6 Å². The summed E-state index contributed by atoms with van der Waals surface area (Å²) >= 11 is 0. The number of nitrogens with one attached hydrogen (secondary N) is 3. The molecule has 0 aromatic heterocycles. The van der Waals surface area contributed by atoms with Gasteiger partial charge in [0.15, 0.2) is 11.7 Å². The number of hydrogen-bond donors (Lipinski definition) is 6. The second-order valence-electron chi connectivity index (χ2n) is 10.7. The average Bonchev–Trinajstić information content (AvgIpc) is 2.82. The first-order valence-corrected chi connectivity index (χ1v) is 12.5. The van der Waals surface area contributed by atoms with Crippen LogP contribution in [-0.4, -0.2) is 64.7 Å². The van der Waals surface area contributed by atoms with E-state index in [1.165, 1.54) is 18.2 Å². The molecule has 38 heavy (non-hydrogen) atoms. The van der Waals surface area contributed by atoms with E-state index in [9.17, 15) is 29.7 Å². The van der Waals surface area contributed by atoms with Crippen LogP contribution in [-0.2, 0) is 15.0 Å². The lowest BCUT2D eigenvalue weighted by molar-refractivity contribution is -0.137. The van der Waals surface area contributed by atoms with E-state index >= 15 is 0 Å². The number of aliphatic hydroxyl groups is 1. The fourth-order valence-electron chi connectivity index (χ4n) is 4.19. The van der Waals surface area contributed by atoms with Crippen LogP contribution in [0.25, 0.3) is 0 Å². The van der Waals surface area contributed by atoms with Gasteiger partial charge in [0.25, 0.3) is 5.91 Å². The van der Waals surface area contributed by atoms with E-state index in [0.29, 0.717) is 18.2 Å². The van der Waals surface area contributed by atoms with E-state index < -0.39 is 23.9 Å². The first-order valence-electron chi connectivity index (χ1n) is 12.5. The minimum Gasteiger partial charge on any atom is -0.508 e. The summed E-state index contributed by atoms with van der Waals surface area (Å²) in [4.78, 5) is 41.3. The number of hydrogen-bond acceptors (Lipinski definition) is 8. The van der Waals surface area contributed by atoms with Crippen LogP contribution in [0, 0.1) is 6.92 Å². The number of guanidine groups is 1. The maximum absolute atomic E-state index is 12.8. The van der Waals surface area contributed by atoms with Crippen LogP contribution < -0.4 is 16.0 Å². The van der Waals surface area contributed by atoms with Gasteiger partial charge in [0.05, 0.1) is 25.6 Å². The van der Waals surface area contributed by atoms with Gasteiger partial charge in [-0.3, -0.25) is 19.4 Å². The van der Waals surface area contributed by atoms with Crippen molar-refractivity contribution in [2.45, 2.75) is 58.0 Å². The number of Topliss-reactive ketones (excluding diaryl/α,β-unsaturated/α-hetero) is 1. The van der Waals surface area contributed by atoms with Crippen molar-refractivity contribution in [2.24, 2.45) is 4.99 Å². The predicted octanol–water partition coefficient (Wildman–Crippen LogP) is 2.68. The number of carboxylic acids is 1. The number of carboxylic acid groups (broad SMARTS) is 1. The summed E-state index contributed by atoms with van der Waals surface area (Å²) in [6.07, 6.45) is -0.822. The number of phenols is 1. The molecule has 1 aliphatic heterocycles. The van der Waals surface area contributed by atoms with E-state index in [-0.39, 0.29) is 48.4 Å². The Morgan fingerprint density at radius 3 is 2.47 bits per heavy atom. The number of amides is 1. The minimum atomic E-state index is -1.00. The average molecular weight is 525 g/mol. The topological polar surface area (TPSA) is 160 Å². The molecule has 2 aromatic rings.